The molecule has 2 aromatic carbocycles. The zero-order chi connectivity index (χ0) is 20.8. The van der Waals surface area contributed by atoms with E-state index in [0.717, 1.165) is 4.47 Å². The van der Waals surface area contributed by atoms with Gasteiger partial charge in [-0.25, -0.2) is 4.39 Å². The molecular weight excluding hydrogens is 441 g/mol. The minimum atomic E-state index is -0.389. The van der Waals surface area contributed by atoms with Crippen LogP contribution in [0.25, 0.3) is 0 Å². The Labute approximate surface area is 176 Å². The van der Waals surface area contributed by atoms with Crippen molar-refractivity contribution in [3.63, 3.8) is 0 Å². The summed E-state index contributed by atoms with van der Waals surface area (Å²) in [6.45, 7) is 0.928. The lowest BCUT2D eigenvalue weighted by atomic mass is 10.0. The van der Waals surface area contributed by atoms with Crippen molar-refractivity contribution in [2.24, 2.45) is 0 Å². The number of halogens is 2. The van der Waals surface area contributed by atoms with E-state index in [1.165, 1.54) is 24.3 Å². The molecule has 8 heteroatoms. The number of nitrogens with zero attached hydrogens (tertiary/aromatic N) is 1. The highest BCUT2D eigenvalue weighted by molar-refractivity contribution is 9.10. The molecule has 6 nitrogen and oxygen atoms in total. The molecule has 1 saturated heterocycles. The van der Waals surface area contributed by atoms with E-state index in [0.29, 0.717) is 37.1 Å². The van der Waals surface area contributed by atoms with Gasteiger partial charge in [0.05, 0.1) is 6.54 Å². The van der Waals surface area contributed by atoms with Crippen molar-refractivity contribution in [2.75, 3.05) is 19.6 Å². The van der Waals surface area contributed by atoms with Gasteiger partial charge in [-0.2, -0.15) is 0 Å². The van der Waals surface area contributed by atoms with Gasteiger partial charge in [-0.05, 0) is 55.3 Å². The molecule has 0 spiro atoms. The number of amides is 3. The fourth-order valence-corrected chi connectivity index (χ4v) is 3.54. The van der Waals surface area contributed by atoms with E-state index in [1.54, 1.807) is 23.1 Å². The molecule has 3 rings (SSSR count). The fourth-order valence-electron chi connectivity index (χ4n) is 3.14. The van der Waals surface area contributed by atoms with Crippen LogP contribution in [0.5, 0.6) is 0 Å². The predicted octanol–water partition coefficient (Wildman–Crippen LogP) is 2.74. The van der Waals surface area contributed by atoms with Crippen molar-refractivity contribution in [3.05, 3.63) is 69.9 Å². The first kappa shape index (κ1) is 21.0. The van der Waals surface area contributed by atoms with E-state index >= 15 is 0 Å². The summed E-state index contributed by atoms with van der Waals surface area (Å²) in [5, 5.41) is 5.56. The molecule has 1 aliphatic heterocycles. The third kappa shape index (κ3) is 5.87. The molecular formula is C21H21BrFN3O3. The van der Waals surface area contributed by atoms with Crippen molar-refractivity contribution in [3.8, 4) is 0 Å². The maximum Gasteiger partial charge on any atom is 0.251 e. The van der Waals surface area contributed by atoms with Crippen LogP contribution in [0, 0.1) is 5.82 Å². The highest BCUT2D eigenvalue weighted by Crippen LogP contribution is 2.13. The Balaban J connectivity index is 1.42. The molecule has 2 N–H and O–H groups in total. The number of rotatable bonds is 5. The Morgan fingerprint density at radius 2 is 1.69 bits per heavy atom. The summed E-state index contributed by atoms with van der Waals surface area (Å²) in [4.78, 5) is 38.4. The summed E-state index contributed by atoms with van der Waals surface area (Å²) in [6.07, 6.45) is 1.25. The van der Waals surface area contributed by atoms with Gasteiger partial charge in [0.1, 0.15) is 5.82 Å². The van der Waals surface area contributed by atoms with Crippen molar-refractivity contribution in [1.82, 2.24) is 15.5 Å². The third-order valence-electron chi connectivity index (χ3n) is 4.78. The molecule has 0 unspecified atom stereocenters. The standard InChI is InChI=1S/C21H21BrFN3O3/c22-16-3-1-2-15(12-16)20(28)24-13-19(27)26-10-8-18(9-11-26)25-21(29)14-4-6-17(23)7-5-14/h1-7,12,18H,8-11,13H2,(H,24,28)(H,25,29). The van der Waals surface area contributed by atoms with Gasteiger partial charge in [-0.15, -0.1) is 0 Å². The normalized spacial score (nSPS) is 14.3. The maximum absolute atomic E-state index is 13.0. The smallest absolute Gasteiger partial charge is 0.251 e. The molecule has 3 amide bonds. The van der Waals surface area contributed by atoms with Gasteiger partial charge in [0.25, 0.3) is 11.8 Å². The fraction of sp³-hybridized carbons (Fsp3) is 0.286. The SMILES string of the molecule is O=C(NCC(=O)N1CCC(NC(=O)c2ccc(F)cc2)CC1)c1cccc(Br)c1. The van der Waals surface area contributed by atoms with Crippen LogP contribution in [-0.2, 0) is 4.79 Å². The topological polar surface area (TPSA) is 78.5 Å². The Hall–Kier alpha value is -2.74. The summed E-state index contributed by atoms with van der Waals surface area (Å²) >= 11 is 3.31. The zero-order valence-electron chi connectivity index (χ0n) is 15.7. The van der Waals surface area contributed by atoms with Crippen LogP contribution in [-0.4, -0.2) is 48.3 Å². The maximum atomic E-state index is 13.0. The van der Waals surface area contributed by atoms with Crippen LogP contribution in [0.1, 0.15) is 33.6 Å². The summed E-state index contributed by atoms with van der Waals surface area (Å²) < 4.78 is 13.7. The summed E-state index contributed by atoms with van der Waals surface area (Å²) in [6, 6.07) is 12.3. The van der Waals surface area contributed by atoms with Crippen LogP contribution < -0.4 is 10.6 Å². The Bertz CT molecular complexity index is 896. The molecule has 0 aromatic heterocycles. The minimum Gasteiger partial charge on any atom is -0.349 e. The monoisotopic (exact) mass is 461 g/mol. The molecule has 29 heavy (non-hydrogen) atoms. The first-order valence-electron chi connectivity index (χ1n) is 9.30. The lowest BCUT2D eigenvalue weighted by molar-refractivity contribution is -0.131. The molecule has 1 heterocycles. The van der Waals surface area contributed by atoms with E-state index in [9.17, 15) is 18.8 Å². The van der Waals surface area contributed by atoms with E-state index in [2.05, 4.69) is 26.6 Å². The second kappa shape index (κ2) is 9.65. The first-order valence-corrected chi connectivity index (χ1v) is 10.1. The van der Waals surface area contributed by atoms with Crippen molar-refractivity contribution < 1.29 is 18.8 Å². The number of likely N-dealkylation sites (tertiary alicyclic amines) is 1. The second-order valence-electron chi connectivity index (χ2n) is 6.83. The van der Waals surface area contributed by atoms with Crippen molar-refractivity contribution >= 4 is 33.7 Å². The Kier molecular flexibility index (Phi) is 6.98. The van der Waals surface area contributed by atoms with Crippen LogP contribution in [0.15, 0.2) is 53.0 Å². The van der Waals surface area contributed by atoms with E-state index in [1.807, 2.05) is 6.07 Å². The Morgan fingerprint density at radius 1 is 1.00 bits per heavy atom. The molecule has 1 aliphatic rings. The highest BCUT2D eigenvalue weighted by Gasteiger charge is 2.24. The van der Waals surface area contributed by atoms with Crippen LogP contribution >= 0.6 is 15.9 Å². The Morgan fingerprint density at radius 3 is 2.34 bits per heavy atom. The molecule has 2 aromatic rings. The zero-order valence-corrected chi connectivity index (χ0v) is 17.2. The average Bonchev–Trinajstić information content (AvgIpc) is 2.72. The number of hydrogen-bond acceptors (Lipinski definition) is 3. The van der Waals surface area contributed by atoms with Gasteiger partial charge >= 0.3 is 0 Å². The summed E-state index contributed by atoms with van der Waals surface area (Å²) in [5.74, 6) is -1.10. The van der Waals surface area contributed by atoms with E-state index < -0.39 is 0 Å². The van der Waals surface area contributed by atoms with Gasteiger partial charge in [-0.1, -0.05) is 22.0 Å². The third-order valence-corrected chi connectivity index (χ3v) is 5.27. The van der Waals surface area contributed by atoms with Gasteiger partial charge in [0, 0.05) is 34.7 Å². The van der Waals surface area contributed by atoms with E-state index in [-0.39, 0.29) is 36.1 Å². The molecule has 0 bridgehead atoms. The number of hydrogen-bond donors (Lipinski definition) is 2. The van der Waals surface area contributed by atoms with Crippen LogP contribution in [0.3, 0.4) is 0 Å². The minimum absolute atomic E-state index is 0.0483. The van der Waals surface area contributed by atoms with Crippen LogP contribution in [0.2, 0.25) is 0 Å². The van der Waals surface area contributed by atoms with Gasteiger partial charge in [0.2, 0.25) is 5.91 Å². The quantitative estimate of drug-likeness (QED) is 0.718. The molecule has 1 fully saturated rings. The van der Waals surface area contributed by atoms with E-state index in [4.69, 9.17) is 0 Å². The second-order valence-corrected chi connectivity index (χ2v) is 7.74. The summed E-state index contributed by atoms with van der Waals surface area (Å²) in [7, 11) is 0. The first-order chi connectivity index (χ1) is 13.9. The van der Waals surface area contributed by atoms with Crippen molar-refractivity contribution in [1.29, 1.82) is 0 Å². The number of nitrogens with one attached hydrogen (secondary N) is 2. The number of piperidine rings is 1. The van der Waals surface area contributed by atoms with Gasteiger partial charge in [0.15, 0.2) is 0 Å². The molecule has 0 aliphatic carbocycles. The average molecular weight is 462 g/mol. The van der Waals surface area contributed by atoms with Gasteiger partial charge in [-0.3, -0.25) is 14.4 Å². The number of carbonyl (C=O) groups excluding carboxylic acids is 3. The molecule has 0 radical (unpaired) electrons. The van der Waals surface area contributed by atoms with Crippen molar-refractivity contribution in [2.45, 2.75) is 18.9 Å². The molecule has 152 valence electrons. The number of benzene rings is 2. The molecule has 0 saturated carbocycles. The number of carbonyl (C=O) groups is 3. The highest BCUT2D eigenvalue weighted by atomic mass is 79.9. The lowest BCUT2D eigenvalue weighted by Gasteiger charge is -2.32. The van der Waals surface area contributed by atoms with Gasteiger partial charge < -0.3 is 15.5 Å². The largest absolute Gasteiger partial charge is 0.349 e. The summed E-state index contributed by atoms with van der Waals surface area (Å²) in [5.41, 5.74) is 0.884. The van der Waals surface area contributed by atoms with Crippen LogP contribution in [0.4, 0.5) is 4.39 Å². The lowest BCUT2D eigenvalue weighted by Crippen LogP contribution is -2.49. The molecule has 0 atom stereocenters. The predicted molar refractivity (Wildman–Crippen MR) is 110 cm³/mol.